The standard InChI is InChI=1S/C19H17N5O4/c1-11-9-17(24-28-11)23-18(26)13-7-8-20-16(10-13)19(27)22-15-5-3-14(4-6-15)21-12(2)25/h3-10H,1-2H3,(H,21,25)(H,22,27)(H,23,24,26). The van der Waals surface area contributed by atoms with Crippen molar-refractivity contribution in [1.29, 1.82) is 0 Å². The highest BCUT2D eigenvalue weighted by Gasteiger charge is 2.13. The van der Waals surface area contributed by atoms with Crippen LogP contribution in [0.25, 0.3) is 0 Å². The van der Waals surface area contributed by atoms with Gasteiger partial charge in [0.05, 0.1) is 0 Å². The number of aromatic nitrogens is 2. The summed E-state index contributed by atoms with van der Waals surface area (Å²) in [5.74, 6) is -0.250. The van der Waals surface area contributed by atoms with Gasteiger partial charge in [0.2, 0.25) is 5.91 Å². The van der Waals surface area contributed by atoms with Gasteiger partial charge in [0, 0.05) is 36.1 Å². The summed E-state index contributed by atoms with van der Waals surface area (Å²) in [5.41, 5.74) is 1.47. The normalized spacial score (nSPS) is 10.2. The fraction of sp³-hybridized carbons (Fsp3) is 0.105. The number of pyridine rings is 1. The lowest BCUT2D eigenvalue weighted by atomic mass is 10.2. The molecule has 28 heavy (non-hydrogen) atoms. The SMILES string of the molecule is CC(=O)Nc1ccc(NC(=O)c2cc(C(=O)Nc3cc(C)on3)ccn2)cc1. The van der Waals surface area contributed by atoms with Gasteiger partial charge in [-0.3, -0.25) is 19.4 Å². The molecule has 3 aromatic rings. The van der Waals surface area contributed by atoms with E-state index in [0.29, 0.717) is 17.1 Å². The van der Waals surface area contributed by atoms with Crippen LogP contribution in [0.15, 0.2) is 53.2 Å². The van der Waals surface area contributed by atoms with Crippen LogP contribution in [0.4, 0.5) is 17.2 Å². The summed E-state index contributed by atoms with van der Waals surface area (Å²) in [6.07, 6.45) is 1.37. The van der Waals surface area contributed by atoms with Gasteiger partial charge in [0.1, 0.15) is 11.5 Å². The first kappa shape index (κ1) is 18.8. The summed E-state index contributed by atoms with van der Waals surface area (Å²) >= 11 is 0. The lowest BCUT2D eigenvalue weighted by Crippen LogP contribution is -2.17. The molecule has 2 heterocycles. The van der Waals surface area contributed by atoms with Crippen LogP contribution in [0.5, 0.6) is 0 Å². The third kappa shape index (κ3) is 4.79. The van der Waals surface area contributed by atoms with E-state index in [9.17, 15) is 14.4 Å². The Bertz CT molecular complexity index is 1030. The second kappa shape index (κ2) is 8.12. The first-order valence-corrected chi connectivity index (χ1v) is 8.30. The molecule has 0 atom stereocenters. The topological polar surface area (TPSA) is 126 Å². The number of amides is 3. The van der Waals surface area contributed by atoms with Crippen LogP contribution < -0.4 is 16.0 Å². The number of hydrogen-bond donors (Lipinski definition) is 3. The van der Waals surface area contributed by atoms with Crippen molar-refractivity contribution >= 4 is 34.9 Å². The number of benzene rings is 1. The van der Waals surface area contributed by atoms with E-state index in [1.54, 1.807) is 37.3 Å². The van der Waals surface area contributed by atoms with Crippen LogP contribution in [-0.4, -0.2) is 27.9 Å². The number of nitrogens with zero attached hydrogens (tertiary/aromatic N) is 2. The summed E-state index contributed by atoms with van der Waals surface area (Å²) in [7, 11) is 0. The molecular formula is C19H17N5O4. The Balaban J connectivity index is 1.68. The van der Waals surface area contributed by atoms with E-state index in [1.165, 1.54) is 25.3 Å². The number of anilines is 3. The van der Waals surface area contributed by atoms with E-state index in [1.807, 2.05) is 0 Å². The Morgan fingerprint density at radius 1 is 0.893 bits per heavy atom. The predicted molar refractivity (Wildman–Crippen MR) is 102 cm³/mol. The third-order valence-corrected chi connectivity index (χ3v) is 3.59. The van der Waals surface area contributed by atoms with Crippen molar-refractivity contribution in [1.82, 2.24) is 10.1 Å². The maximum atomic E-state index is 12.4. The molecule has 0 aliphatic rings. The van der Waals surface area contributed by atoms with Gasteiger partial charge in [-0.25, -0.2) is 0 Å². The summed E-state index contributed by atoms with van der Waals surface area (Å²) < 4.78 is 4.89. The molecule has 0 aliphatic carbocycles. The molecular weight excluding hydrogens is 362 g/mol. The zero-order valence-corrected chi connectivity index (χ0v) is 15.1. The second-order valence-electron chi connectivity index (χ2n) is 5.92. The molecule has 0 bridgehead atoms. The average molecular weight is 379 g/mol. The molecule has 0 saturated heterocycles. The van der Waals surface area contributed by atoms with Crippen LogP contribution in [0.1, 0.15) is 33.5 Å². The number of rotatable bonds is 5. The van der Waals surface area contributed by atoms with E-state index in [2.05, 4.69) is 26.1 Å². The number of aryl methyl sites for hydroxylation is 1. The molecule has 3 N–H and O–H groups in total. The third-order valence-electron chi connectivity index (χ3n) is 3.59. The zero-order valence-electron chi connectivity index (χ0n) is 15.1. The molecule has 0 aliphatic heterocycles. The minimum absolute atomic E-state index is 0.0786. The van der Waals surface area contributed by atoms with Crippen LogP contribution >= 0.6 is 0 Å². The highest BCUT2D eigenvalue weighted by molar-refractivity contribution is 6.07. The van der Waals surface area contributed by atoms with E-state index >= 15 is 0 Å². The zero-order chi connectivity index (χ0) is 20.1. The average Bonchev–Trinajstić information content (AvgIpc) is 3.07. The first-order valence-electron chi connectivity index (χ1n) is 8.30. The highest BCUT2D eigenvalue weighted by atomic mass is 16.5. The minimum Gasteiger partial charge on any atom is -0.360 e. The number of nitrogens with one attached hydrogen (secondary N) is 3. The molecule has 0 saturated carbocycles. The Kier molecular flexibility index (Phi) is 5.45. The van der Waals surface area contributed by atoms with Gasteiger partial charge in [0.25, 0.3) is 11.8 Å². The maximum absolute atomic E-state index is 12.4. The van der Waals surface area contributed by atoms with Crippen molar-refractivity contribution < 1.29 is 18.9 Å². The summed E-state index contributed by atoms with van der Waals surface area (Å²) in [5, 5.41) is 11.6. The summed E-state index contributed by atoms with van der Waals surface area (Å²) in [6, 6.07) is 11.1. The van der Waals surface area contributed by atoms with Gasteiger partial charge in [0.15, 0.2) is 5.82 Å². The molecule has 0 fully saturated rings. The van der Waals surface area contributed by atoms with Crippen molar-refractivity contribution in [3.63, 3.8) is 0 Å². The summed E-state index contributed by atoms with van der Waals surface area (Å²) in [6.45, 7) is 3.12. The molecule has 0 unspecified atom stereocenters. The Morgan fingerprint density at radius 3 is 2.18 bits per heavy atom. The Morgan fingerprint density at radius 2 is 1.57 bits per heavy atom. The van der Waals surface area contributed by atoms with Gasteiger partial charge in [-0.05, 0) is 43.3 Å². The monoisotopic (exact) mass is 379 g/mol. The van der Waals surface area contributed by atoms with E-state index in [4.69, 9.17) is 4.52 Å². The quantitative estimate of drug-likeness (QED) is 0.626. The first-order chi connectivity index (χ1) is 13.4. The van der Waals surface area contributed by atoms with Gasteiger partial charge in [-0.1, -0.05) is 5.16 Å². The molecule has 9 nitrogen and oxygen atoms in total. The van der Waals surface area contributed by atoms with Crippen LogP contribution in [-0.2, 0) is 4.79 Å². The molecule has 142 valence electrons. The van der Waals surface area contributed by atoms with Crippen LogP contribution in [0, 0.1) is 6.92 Å². The summed E-state index contributed by atoms with van der Waals surface area (Å²) in [4.78, 5) is 39.7. The van der Waals surface area contributed by atoms with Crippen molar-refractivity contribution in [2.75, 3.05) is 16.0 Å². The van der Waals surface area contributed by atoms with Crippen molar-refractivity contribution in [3.05, 3.63) is 65.7 Å². The molecule has 2 aromatic heterocycles. The van der Waals surface area contributed by atoms with Gasteiger partial charge in [-0.2, -0.15) is 0 Å². The molecule has 1 aromatic carbocycles. The van der Waals surface area contributed by atoms with Gasteiger partial charge < -0.3 is 20.5 Å². The lowest BCUT2D eigenvalue weighted by Gasteiger charge is -2.07. The van der Waals surface area contributed by atoms with Crippen molar-refractivity contribution in [2.24, 2.45) is 0 Å². The van der Waals surface area contributed by atoms with Crippen molar-refractivity contribution in [3.8, 4) is 0 Å². The fourth-order valence-corrected chi connectivity index (χ4v) is 2.35. The maximum Gasteiger partial charge on any atom is 0.274 e. The lowest BCUT2D eigenvalue weighted by molar-refractivity contribution is -0.114. The van der Waals surface area contributed by atoms with Crippen molar-refractivity contribution in [2.45, 2.75) is 13.8 Å². The molecule has 3 amide bonds. The van der Waals surface area contributed by atoms with Crippen LogP contribution in [0.2, 0.25) is 0 Å². The fourth-order valence-electron chi connectivity index (χ4n) is 2.35. The van der Waals surface area contributed by atoms with E-state index in [0.717, 1.165) is 0 Å². The number of hydrogen-bond acceptors (Lipinski definition) is 6. The minimum atomic E-state index is -0.473. The number of carbonyl (C=O) groups is 3. The predicted octanol–water partition coefficient (Wildman–Crippen LogP) is 2.84. The van der Waals surface area contributed by atoms with Gasteiger partial charge >= 0.3 is 0 Å². The van der Waals surface area contributed by atoms with Gasteiger partial charge in [-0.15, -0.1) is 0 Å². The Hall–Kier alpha value is -4.01. The molecule has 0 spiro atoms. The second-order valence-corrected chi connectivity index (χ2v) is 5.92. The Labute approximate surface area is 160 Å². The van der Waals surface area contributed by atoms with E-state index < -0.39 is 11.8 Å². The molecule has 3 rings (SSSR count). The number of carbonyl (C=O) groups excluding carboxylic acids is 3. The van der Waals surface area contributed by atoms with Crippen LogP contribution in [0.3, 0.4) is 0 Å². The smallest absolute Gasteiger partial charge is 0.274 e. The largest absolute Gasteiger partial charge is 0.360 e. The molecule has 9 heteroatoms. The highest BCUT2D eigenvalue weighted by Crippen LogP contribution is 2.15. The molecule has 0 radical (unpaired) electrons. The van der Waals surface area contributed by atoms with E-state index in [-0.39, 0.29) is 23.0 Å².